The van der Waals surface area contributed by atoms with E-state index in [0.717, 1.165) is 51.4 Å². The van der Waals surface area contributed by atoms with Crippen molar-refractivity contribution in [2.45, 2.75) is 89.4 Å². The van der Waals surface area contributed by atoms with Crippen molar-refractivity contribution in [2.75, 3.05) is 6.61 Å². The Morgan fingerprint density at radius 2 is 1.75 bits per heavy atom. The van der Waals surface area contributed by atoms with Crippen LogP contribution in [0.15, 0.2) is 0 Å². The quantitative estimate of drug-likeness (QED) is 0.597. The lowest BCUT2D eigenvalue weighted by atomic mass is 9.42. The molecule has 1 saturated heterocycles. The number of hydrogen-bond donors (Lipinski definition) is 3. The van der Waals surface area contributed by atoms with Gasteiger partial charge in [-0.1, -0.05) is 13.8 Å². The highest BCUT2D eigenvalue weighted by Crippen LogP contribution is 2.70. The Balaban J connectivity index is 1.48. The van der Waals surface area contributed by atoms with Crippen molar-refractivity contribution in [3.05, 3.63) is 0 Å². The van der Waals surface area contributed by atoms with Crippen molar-refractivity contribution in [3.8, 4) is 0 Å². The molecular formula is C23H36O5. The Bertz CT molecular complexity index is 665. The maximum Gasteiger partial charge on any atom is 0.306 e. The van der Waals surface area contributed by atoms with E-state index in [1.807, 2.05) is 0 Å². The molecular weight excluding hydrogens is 356 g/mol. The Morgan fingerprint density at radius 1 is 0.964 bits per heavy atom. The summed E-state index contributed by atoms with van der Waals surface area (Å²) in [5.74, 6) is 1.14. The van der Waals surface area contributed by atoms with Crippen LogP contribution < -0.4 is 0 Å². The van der Waals surface area contributed by atoms with Gasteiger partial charge in [-0.25, -0.2) is 0 Å². The largest absolute Gasteiger partial charge is 0.465 e. The van der Waals surface area contributed by atoms with Gasteiger partial charge >= 0.3 is 5.97 Å². The predicted molar refractivity (Wildman–Crippen MR) is 103 cm³/mol. The van der Waals surface area contributed by atoms with E-state index in [0.29, 0.717) is 24.9 Å². The summed E-state index contributed by atoms with van der Waals surface area (Å²) in [5.41, 5.74) is -1.33. The fraction of sp³-hybridized carbons (Fsp3) is 0.957. The Morgan fingerprint density at radius 3 is 2.46 bits per heavy atom. The van der Waals surface area contributed by atoms with E-state index in [9.17, 15) is 20.1 Å². The number of carbonyl (C=O) groups excluding carboxylic acids is 1. The predicted octanol–water partition coefficient (Wildman–Crippen LogP) is 2.66. The van der Waals surface area contributed by atoms with Crippen molar-refractivity contribution in [3.63, 3.8) is 0 Å². The van der Waals surface area contributed by atoms with Crippen LogP contribution in [0.3, 0.4) is 0 Å². The Labute approximate surface area is 167 Å². The van der Waals surface area contributed by atoms with E-state index in [-0.39, 0.29) is 35.2 Å². The minimum atomic E-state index is -0.865. The van der Waals surface area contributed by atoms with Gasteiger partial charge in [0.25, 0.3) is 0 Å². The number of hydrogen-bond acceptors (Lipinski definition) is 5. The third-order valence-corrected chi connectivity index (χ3v) is 10.4. The van der Waals surface area contributed by atoms with Gasteiger partial charge in [-0.2, -0.15) is 0 Å². The molecule has 5 rings (SSSR count). The maximum absolute atomic E-state index is 12.2. The highest BCUT2D eigenvalue weighted by molar-refractivity contribution is 5.71. The van der Waals surface area contributed by atoms with E-state index in [4.69, 9.17) is 4.74 Å². The monoisotopic (exact) mass is 392 g/mol. The number of aliphatic hydroxyl groups excluding tert-OH is 2. The lowest BCUT2D eigenvalue weighted by molar-refractivity contribution is -0.250. The molecule has 0 aromatic heterocycles. The van der Waals surface area contributed by atoms with Crippen molar-refractivity contribution in [2.24, 2.45) is 40.4 Å². The van der Waals surface area contributed by atoms with Crippen molar-refractivity contribution < 1.29 is 24.9 Å². The number of ether oxygens (including phenoxy) is 1. The van der Waals surface area contributed by atoms with Crippen LogP contribution in [0.1, 0.15) is 71.6 Å². The summed E-state index contributed by atoms with van der Waals surface area (Å²) in [7, 11) is 0. The molecule has 4 saturated carbocycles. The van der Waals surface area contributed by atoms with Crippen molar-refractivity contribution in [1.29, 1.82) is 0 Å². The normalized spacial score (nSPS) is 58.6. The van der Waals surface area contributed by atoms with Gasteiger partial charge in [0.2, 0.25) is 0 Å². The van der Waals surface area contributed by atoms with Crippen molar-refractivity contribution in [1.82, 2.24) is 0 Å². The van der Waals surface area contributed by atoms with Crippen LogP contribution in [0.2, 0.25) is 0 Å². The lowest BCUT2D eigenvalue weighted by Gasteiger charge is -2.65. The second-order valence-corrected chi connectivity index (χ2v) is 11.2. The molecule has 0 bridgehead atoms. The minimum Gasteiger partial charge on any atom is -0.465 e. The van der Waals surface area contributed by atoms with E-state index in [1.165, 1.54) is 0 Å². The van der Waals surface area contributed by atoms with E-state index in [1.54, 1.807) is 0 Å². The SMILES string of the molecule is CC12CCC(O)CC1CCC1C2CC(O)C2(C)C(C3COC(=O)C3)CCC12O. The summed E-state index contributed by atoms with van der Waals surface area (Å²) in [4.78, 5) is 11.7. The molecule has 4 aliphatic carbocycles. The zero-order valence-corrected chi connectivity index (χ0v) is 17.3. The fourth-order valence-electron chi connectivity index (χ4n) is 8.77. The van der Waals surface area contributed by atoms with Crippen LogP contribution in [-0.2, 0) is 9.53 Å². The summed E-state index contributed by atoms with van der Waals surface area (Å²) < 4.78 is 5.25. The molecule has 0 aromatic carbocycles. The third kappa shape index (κ3) is 2.33. The number of rotatable bonds is 1. The molecule has 5 heteroatoms. The number of cyclic esters (lactones) is 1. The molecule has 5 fully saturated rings. The van der Waals surface area contributed by atoms with Gasteiger partial charge in [-0.15, -0.1) is 0 Å². The Hall–Kier alpha value is -0.650. The van der Waals surface area contributed by atoms with Gasteiger partial charge in [0, 0.05) is 11.3 Å². The number of fused-ring (bicyclic) bond motifs is 5. The van der Waals surface area contributed by atoms with Crippen molar-refractivity contribution >= 4 is 5.97 Å². The molecule has 5 aliphatic rings. The summed E-state index contributed by atoms with van der Waals surface area (Å²) >= 11 is 0. The number of carbonyl (C=O) groups is 1. The summed E-state index contributed by atoms with van der Waals surface area (Å²) in [6.07, 6.45) is 6.78. The average Bonchev–Trinajstić information content (AvgIpc) is 3.19. The average molecular weight is 393 g/mol. The highest BCUT2D eigenvalue weighted by Gasteiger charge is 2.71. The second kappa shape index (κ2) is 6.18. The molecule has 0 radical (unpaired) electrons. The highest BCUT2D eigenvalue weighted by atomic mass is 16.5. The maximum atomic E-state index is 12.2. The second-order valence-electron chi connectivity index (χ2n) is 11.2. The van der Waals surface area contributed by atoms with Gasteiger partial charge in [0.15, 0.2) is 0 Å². The molecule has 10 atom stereocenters. The summed E-state index contributed by atoms with van der Waals surface area (Å²) in [6.45, 7) is 4.89. The van der Waals surface area contributed by atoms with Gasteiger partial charge in [-0.3, -0.25) is 4.79 Å². The van der Waals surface area contributed by atoms with Crippen LogP contribution in [-0.4, -0.2) is 45.7 Å². The smallest absolute Gasteiger partial charge is 0.306 e. The first-order valence-electron chi connectivity index (χ1n) is 11.4. The van der Waals surface area contributed by atoms with Gasteiger partial charge in [0.05, 0.1) is 30.8 Å². The topological polar surface area (TPSA) is 87.0 Å². The van der Waals surface area contributed by atoms with E-state index < -0.39 is 17.1 Å². The summed E-state index contributed by atoms with van der Waals surface area (Å²) in [6, 6.07) is 0. The first-order valence-corrected chi connectivity index (χ1v) is 11.4. The standard InChI is InChI=1S/C23H36O5/c1-21-7-5-15(24)10-14(21)3-4-17-18(21)11-19(25)22(2)16(6-8-23(17,22)27)13-9-20(26)28-12-13/h13-19,24-25,27H,3-12H2,1-2H3. The van der Waals surface area contributed by atoms with Crippen LogP contribution in [0.5, 0.6) is 0 Å². The third-order valence-electron chi connectivity index (χ3n) is 10.4. The first kappa shape index (κ1) is 19.3. The van der Waals surface area contributed by atoms with Crippen LogP contribution >= 0.6 is 0 Å². The van der Waals surface area contributed by atoms with Crippen LogP contribution in [0, 0.1) is 40.4 Å². The summed E-state index contributed by atoms with van der Waals surface area (Å²) in [5, 5.41) is 33.8. The van der Waals surface area contributed by atoms with E-state index >= 15 is 0 Å². The van der Waals surface area contributed by atoms with Gasteiger partial charge < -0.3 is 20.1 Å². The van der Waals surface area contributed by atoms with E-state index in [2.05, 4.69) is 13.8 Å². The minimum absolute atomic E-state index is 0.102. The fourth-order valence-corrected chi connectivity index (χ4v) is 8.77. The molecule has 28 heavy (non-hydrogen) atoms. The molecule has 158 valence electrons. The molecule has 0 amide bonds. The molecule has 5 nitrogen and oxygen atoms in total. The molecule has 3 N–H and O–H groups in total. The molecule has 0 spiro atoms. The lowest BCUT2D eigenvalue weighted by Crippen LogP contribution is -2.67. The number of esters is 1. The van der Waals surface area contributed by atoms with Crippen LogP contribution in [0.25, 0.3) is 0 Å². The molecule has 10 unspecified atom stereocenters. The first-order chi connectivity index (χ1) is 13.2. The molecule has 0 aromatic rings. The zero-order chi connectivity index (χ0) is 19.9. The van der Waals surface area contributed by atoms with Gasteiger partial charge in [-0.05, 0) is 80.5 Å². The molecule has 1 aliphatic heterocycles. The molecule has 1 heterocycles. The van der Waals surface area contributed by atoms with Crippen LogP contribution in [0.4, 0.5) is 0 Å². The zero-order valence-electron chi connectivity index (χ0n) is 17.3. The van der Waals surface area contributed by atoms with Gasteiger partial charge in [0.1, 0.15) is 0 Å². The number of aliphatic hydroxyl groups is 3. The Kier molecular flexibility index (Phi) is 4.26.